The van der Waals surface area contributed by atoms with Crippen LogP contribution >= 0.6 is 0 Å². The molecule has 0 aliphatic heterocycles. The maximum Gasteiger partial charge on any atom is 1.00 e. The maximum absolute atomic E-state index is 9.10. The molecule has 0 atom stereocenters. The van der Waals surface area contributed by atoms with Crippen LogP contribution in [0.1, 0.15) is 4.28 Å². The molecule has 0 unspecified atom stereocenters. The fourth-order valence-corrected chi connectivity index (χ4v) is 0. The Labute approximate surface area is 107 Å². The van der Waals surface area contributed by atoms with E-state index in [-0.39, 0.29) is 77.4 Å². The van der Waals surface area contributed by atoms with Crippen molar-refractivity contribution in [3.05, 3.63) is 0 Å². The third-order valence-electron chi connectivity index (χ3n) is 0.183. The Morgan fingerprint density at radius 3 is 1.25 bits per heavy atom. The minimum atomic E-state index is -1.82. The third-order valence-corrected chi connectivity index (χ3v) is 0.183. The summed E-state index contributed by atoms with van der Waals surface area (Å²) in [5, 5.41) is 14.8. The minimum Gasteiger partial charge on any atom is -1.00 e. The van der Waals surface area contributed by atoms with E-state index >= 15 is 0 Å². The first-order valence-electron chi connectivity index (χ1n) is 1.11. The van der Waals surface area contributed by atoms with Crippen molar-refractivity contribution in [3.8, 4) is 0 Å². The number of carboxylic acids is 2. The molecule has 8 heavy (non-hydrogen) atoms. The van der Waals surface area contributed by atoms with Gasteiger partial charge in [-0.05, 0) is 0 Å². The minimum absolute atomic E-state index is 0. The van der Waals surface area contributed by atoms with Gasteiger partial charge >= 0.3 is 63.3 Å². The Bertz CT molecular complexity index is 89.3. The summed E-state index contributed by atoms with van der Waals surface area (Å²) >= 11 is 0. The van der Waals surface area contributed by atoms with Crippen LogP contribution in [-0.4, -0.2) is 22.2 Å². The standard InChI is InChI=1S/C2H2O4.K.Ti.3H/c3-1(4)2(5)6;;;;;/h(H,3,4)(H,5,6);;;;;/q;+1;;3*-1. The molecule has 0 aromatic rings. The van der Waals surface area contributed by atoms with E-state index in [2.05, 4.69) is 0 Å². The summed E-state index contributed by atoms with van der Waals surface area (Å²) in [6, 6.07) is 0. The van der Waals surface area contributed by atoms with Crippen molar-refractivity contribution in [1.82, 2.24) is 0 Å². The van der Waals surface area contributed by atoms with Gasteiger partial charge in [-0.2, -0.15) is 0 Å². The molecule has 0 fully saturated rings. The Kier molecular flexibility index (Phi) is 16.7. The fraction of sp³-hybridized carbons (Fsp3) is 0. The molecule has 0 aromatic carbocycles. The largest absolute Gasteiger partial charge is 1.00 e. The molecule has 44 valence electrons. The molecule has 0 saturated heterocycles. The maximum atomic E-state index is 9.10. The molecule has 0 spiro atoms. The van der Waals surface area contributed by atoms with Crippen LogP contribution in [0.4, 0.5) is 0 Å². The van der Waals surface area contributed by atoms with Crippen molar-refractivity contribution in [2.45, 2.75) is 0 Å². The van der Waals surface area contributed by atoms with Gasteiger partial charge in [-0.1, -0.05) is 0 Å². The predicted molar refractivity (Wildman–Crippen MR) is 18.6 cm³/mol. The third kappa shape index (κ3) is 10.3. The van der Waals surface area contributed by atoms with Gasteiger partial charge in [-0.15, -0.1) is 0 Å². The van der Waals surface area contributed by atoms with Crippen molar-refractivity contribution in [2.24, 2.45) is 0 Å². The number of hydrogen-bond acceptors (Lipinski definition) is 2. The monoisotopic (exact) mass is 180 g/mol. The fourth-order valence-electron chi connectivity index (χ4n) is 0. The van der Waals surface area contributed by atoms with Crippen LogP contribution in [0.5, 0.6) is 0 Å². The zero-order valence-electron chi connectivity index (χ0n) is 7.21. The first kappa shape index (κ1) is 16.1. The molecule has 0 heterocycles. The average molecular weight is 180 g/mol. The van der Waals surface area contributed by atoms with E-state index in [4.69, 9.17) is 19.8 Å². The van der Waals surface area contributed by atoms with E-state index in [0.717, 1.165) is 0 Å². The summed E-state index contributed by atoms with van der Waals surface area (Å²) in [5.74, 6) is -3.65. The van der Waals surface area contributed by atoms with Crippen LogP contribution in [0.2, 0.25) is 0 Å². The Hall–Kier alpha value is 1.29. The van der Waals surface area contributed by atoms with E-state index in [9.17, 15) is 0 Å². The predicted octanol–water partition coefficient (Wildman–Crippen LogP) is -3.51. The molecule has 6 heteroatoms. The average Bonchev–Trinajstić information content (AvgIpc) is 1.36. The van der Waals surface area contributed by atoms with E-state index < -0.39 is 11.9 Å². The van der Waals surface area contributed by atoms with Gasteiger partial charge in [0.05, 0.1) is 0 Å². The normalized spacial score (nSPS) is 5.50. The second kappa shape index (κ2) is 8.29. The number of rotatable bonds is 0. The van der Waals surface area contributed by atoms with Gasteiger partial charge in [0, 0.05) is 21.7 Å². The zero-order valence-corrected chi connectivity index (χ0v) is 8.90. The van der Waals surface area contributed by atoms with Crippen LogP contribution < -0.4 is 51.4 Å². The van der Waals surface area contributed by atoms with Crippen molar-refractivity contribution >= 4 is 11.9 Å². The molecule has 0 aliphatic carbocycles. The molecule has 0 saturated carbocycles. The zero-order chi connectivity index (χ0) is 5.15. The second-order valence-electron chi connectivity index (χ2n) is 0.610. The van der Waals surface area contributed by atoms with Crippen LogP contribution in [0.25, 0.3) is 0 Å². The van der Waals surface area contributed by atoms with Crippen LogP contribution in [-0.2, 0) is 31.3 Å². The number of hydrogen-bond donors (Lipinski definition) is 2. The quantitative estimate of drug-likeness (QED) is 0.299. The second-order valence-corrected chi connectivity index (χ2v) is 0.610. The topological polar surface area (TPSA) is 74.6 Å². The molecular weight excluding hydrogens is 175 g/mol. The van der Waals surface area contributed by atoms with Gasteiger partial charge < -0.3 is 14.5 Å². The summed E-state index contributed by atoms with van der Waals surface area (Å²) < 4.78 is 0. The van der Waals surface area contributed by atoms with Gasteiger partial charge in [-0.25, -0.2) is 9.59 Å². The van der Waals surface area contributed by atoms with Crippen molar-refractivity contribution in [3.63, 3.8) is 0 Å². The van der Waals surface area contributed by atoms with Gasteiger partial charge in [0.2, 0.25) is 0 Å². The number of carbonyl (C=O) groups is 2. The first-order chi connectivity index (χ1) is 2.64. The Morgan fingerprint density at radius 1 is 1.12 bits per heavy atom. The molecule has 0 aromatic heterocycles. The van der Waals surface area contributed by atoms with Crippen molar-refractivity contribution in [1.29, 1.82) is 0 Å². The molecule has 0 radical (unpaired) electrons. The molecule has 0 bridgehead atoms. The number of aliphatic carboxylic acids is 2. The van der Waals surface area contributed by atoms with E-state index in [1.54, 1.807) is 0 Å². The molecule has 0 rings (SSSR count). The van der Waals surface area contributed by atoms with Crippen LogP contribution in [0, 0.1) is 0 Å². The molecule has 0 amide bonds. The van der Waals surface area contributed by atoms with Crippen molar-refractivity contribution in [2.75, 3.05) is 0 Å². The van der Waals surface area contributed by atoms with Crippen LogP contribution in [0.15, 0.2) is 0 Å². The van der Waals surface area contributed by atoms with Gasteiger partial charge in [-0.3, -0.25) is 0 Å². The first-order valence-corrected chi connectivity index (χ1v) is 1.11. The van der Waals surface area contributed by atoms with Crippen molar-refractivity contribution < 1.29 is 97.2 Å². The van der Waals surface area contributed by atoms with Crippen LogP contribution in [0.3, 0.4) is 0 Å². The van der Waals surface area contributed by atoms with Gasteiger partial charge in [0.25, 0.3) is 0 Å². The molecule has 4 nitrogen and oxygen atoms in total. The van der Waals surface area contributed by atoms with E-state index in [0.29, 0.717) is 0 Å². The summed E-state index contributed by atoms with van der Waals surface area (Å²) in [7, 11) is 0. The summed E-state index contributed by atoms with van der Waals surface area (Å²) in [6.45, 7) is 0. The Balaban J connectivity index is -0.0000000125. The smallest absolute Gasteiger partial charge is 1.00 e. The molecule has 0 aliphatic rings. The molecule has 2 N–H and O–H groups in total. The van der Waals surface area contributed by atoms with Gasteiger partial charge in [0.15, 0.2) is 0 Å². The van der Waals surface area contributed by atoms with E-state index in [1.807, 2.05) is 0 Å². The summed E-state index contributed by atoms with van der Waals surface area (Å²) in [5.41, 5.74) is 0. The van der Waals surface area contributed by atoms with Gasteiger partial charge in [0.1, 0.15) is 0 Å². The molecular formula is C2H5KO4Ti-2. The summed E-state index contributed by atoms with van der Waals surface area (Å²) in [4.78, 5) is 18.2. The Morgan fingerprint density at radius 2 is 1.25 bits per heavy atom. The summed E-state index contributed by atoms with van der Waals surface area (Å²) in [6.07, 6.45) is 0. The SMILES string of the molecule is O=C(O)C(=O)O.[H-].[H-].[H-].[K+].[Ti]. The van der Waals surface area contributed by atoms with E-state index in [1.165, 1.54) is 0 Å². The number of carboxylic acid groups (broad SMARTS) is 2.